The second-order valence-electron chi connectivity index (χ2n) is 6.48. The summed E-state index contributed by atoms with van der Waals surface area (Å²) in [6.45, 7) is 8.24. The number of carbonyl (C=O) groups excluding carboxylic acids is 2. The summed E-state index contributed by atoms with van der Waals surface area (Å²) in [6, 6.07) is 5.28. The lowest BCUT2D eigenvalue weighted by Gasteiger charge is -2.22. The number of ether oxygens (including phenoxy) is 1. The van der Waals surface area contributed by atoms with Crippen molar-refractivity contribution in [1.29, 1.82) is 0 Å². The van der Waals surface area contributed by atoms with Crippen LogP contribution in [-0.2, 0) is 9.59 Å². The molecule has 0 fully saturated rings. The van der Waals surface area contributed by atoms with Crippen molar-refractivity contribution in [2.75, 3.05) is 13.2 Å². The lowest BCUT2D eigenvalue weighted by atomic mass is 10.1. The van der Waals surface area contributed by atoms with Crippen molar-refractivity contribution in [2.24, 2.45) is 5.73 Å². The molecule has 0 aliphatic carbocycles. The minimum absolute atomic E-state index is 0.169. The molecule has 1 aromatic carbocycles. The molecule has 4 N–H and O–H groups in total. The van der Waals surface area contributed by atoms with Gasteiger partial charge in [-0.15, -0.1) is 0 Å². The Morgan fingerprint density at radius 3 is 2.36 bits per heavy atom. The van der Waals surface area contributed by atoms with Crippen molar-refractivity contribution < 1.29 is 14.3 Å². The lowest BCUT2D eigenvalue weighted by molar-refractivity contribution is -0.128. The van der Waals surface area contributed by atoms with E-state index in [-0.39, 0.29) is 17.9 Å². The summed E-state index contributed by atoms with van der Waals surface area (Å²) in [5, 5.41) is 5.61. The maximum atomic E-state index is 12.4. The van der Waals surface area contributed by atoms with E-state index in [1.807, 2.05) is 39.0 Å². The summed E-state index contributed by atoms with van der Waals surface area (Å²) in [6.07, 6.45) is 2.20. The van der Waals surface area contributed by atoms with Gasteiger partial charge in [-0.1, -0.05) is 18.2 Å². The highest BCUT2D eigenvalue weighted by molar-refractivity contribution is 5.86. The molecule has 0 saturated carbocycles. The van der Waals surface area contributed by atoms with E-state index in [0.717, 1.165) is 29.7 Å². The SMILES string of the molecule is CC(=O)NC(CCCCN)C(=O)NC(C)COc1c(C)cccc1C. The van der Waals surface area contributed by atoms with Gasteiger partial charge in [0.15, 0.2) is 0 Å². The minimum atomic E-state index is -0.535. The van der Waals surface area contributed by atoms with Crippen molar-refractivity contribution in [3.05, 3.63) is 29.3 Å². The molecule has 0 aliphatic rings. The second kappa shape index (κ2) is 10.7. The molecule has 6 heteroatoms. The van der Waals surface area contributed by atoms with Crippen LogP contribution in [0.3, 0.4) is 0 Å². The van der Waals surface area contributed by atoms with Crippen LogP contribution in [0, 0.1) is 13.8 Å². The number of para-hydroxylation sites is 1. The Labute approximate surface area is 150 Å². The number of hydrogen-bond donors (Lipinski definition) is 3. The molecule has 0 heterocycles. The molecule has 0 saturated heterocycles. The Balaban J connectivity index is 2.55. The Hall–Kier alpha value is -2.08. The number of nitrogens with one attached hydrogen (secondary N) is 2. The average molecular weight is 349 g/mol. The topological polar surface area (TPSA) is 93.5 Å². The van der Waals surface area contributed by atoms with Gasteiger partial charge in [0.2, 0.25) is 11.8 Å². The van der Waals surface area contributed by atoms with Gasteiger partial charge in [-0.25, -0.2) is 0 Å². The standard InChI is InChI=1S/C19H31N3O3/c1-13-8-7-9-14(2)18(13)25-12-15(3)21-19(24)17(22-16(4)23)10-5-6-11-20/h7-9,15,17H,5-6,10-12,20H2,1-4H3,(H,21,24)(H,22,23). The zero-order chi connectivity index (χ0) is 18.8. The number of amides is 2. The van der Waals surface area contributed by atoms with E-state index in [2.05, 4.69) is 10.6 Å². The van der Waals surface area contributed by atoms with Crippen molar-refractivity contribution in [2.45, 2.75) is 59.0 Å². The molecule has 0 spiro atoms. The van der Waals surface area contributed by atoms with Gasteiger partial charge in [0.25, 0.3) is 0 Å². The Bertz CT molecular complexity index is 555. The van der Waals surface area contributed by atoms with Gasteiger partial charge in [0.05, 0.1) is 6.04 Å². The second-order valence-corrected chi connectivity index (χ2v) is 6.48. The first-order valence-electron chi connectivity index (χ1n) is 8.81. The first kappa shape index (κ1) is 21.0. The van der Waals surface area contributed by atoms with Crippen LogP contribution in [0.4, 0.5) is 0 Å². The summed E-state index contributed by atoms with van der Waals surface area (Å²) in [5.41, 5.74) is 7.62. The van der Waals surface area contributed by atoms with Gasteiger partial charge in [0, 0.05) is 6.92 Å². The number of unbranched alkanes of at least 4 members (excludes halogenated alkanes) is 1. The molecule has 0 aromatic heterocycles. The van der Waals surface area contributed by atoms with Crippen molar-refractivity contribution in [3.63, 3.8) is 0 Å². The molecule has 2 atom stereocenters. The lowest BCUT2D eigenvalue weighted by Crippen LogP contribution is -2.49. The quantitative estimate of drug-likeness (QED) is 0.562. The predicted octanol–water partition coefficient (Wildman–Crippen LogP) is 1.82. The monoisotopic (exact) mass is 349 g/mol. The fourth-order valence-electron chi connectivity index (χ4n) is 2.63. The van der Waals surface area contributed by atoms with E-state index >= 15 is 0 Å². The predicted molar refractivity (Wildman–Crippen MR) is 99.5 cm³/mol. The van der Waals surface area contributed by atoms with Crippen molar-refractivity contribution >= 4 is 11.8 Å². The number of aryl methyl sites for hydroxylation is 2. The van der Waals surface area contributed by atoms with E-state index in [0.29, 0.717) is 19.6 Å². The minimum Gasteiger partial charge on any atom is -0.491 e. The fourth-order valence-corrected chi connectivity index (χ4v) is 2.63. The van der Waals surface area contributed by atoms with E-state index in [9.17, 15) is 9.59 Å². The first-order valence-corrected chi connectivity index (χ1v) is 8.81. The number of hydrogen-bond acceptors (Lipinski definition) is 4. The summed E-state index contributed by atoms with van der Waals surface area (Å²) in [4.78, 5) is 23.7. The summed E-state index contributed by atoms with van der Waals surface area (Å²) in [7, 11) is 0. The van der Waals surface area contributed by atoms with Crippen molar-refractivity contribution in [3.8, 4) is 5.75 Å². The zero-order valence-electron chi connectivity index (χ0n) is 15.7. The van der Waals surface area contributed by atoms with E-state index in [1.165, 1.54) is 6.92 Å². The molecule has 0 bridgehead atoms. The molecule has 6 nitrogen and oxygen atoms in total. The van der Waals surface area contributed by atoms with Crippen LogP contribution in [0.25, 0.3) is 0 Å². The molecule has 1 aromatic rings. The fraction of sp³-hybridized carbons (Fsp3) is 0.579. The van der Waals surface area contributed by atoms with Crippen LogP contribution in [0.1, 0.15) is 44.2 Å². The van der Waals surface area contributed by atoms with E-state index in [1.54, 1.807) is 0 Å². The Kier molecular flexibility index (Phi) is 8.99. The van der Waals surface area contributed by atoms with Gasteiger partial charge in [-0.2, -0.15) is 0 Å². The normalized spacial score (nSPS) is 13.0. The molecule has 2 amide bonds. The van der Waals surface area contributed by atoms with Crippen LogP contribution < -0.4 is 21.1 Å². The van der Waals surface area contributed by atoms with Crippen LogP contribution >= 0.6 is 0 Å². The summed E-state index contributed by atoms with van der Waals surface area (Å²) < 4.78 is 5.87. The zero-order valence-corrected chi connectivity index (χ0v) is 15.7. The van der Waals surface area contributed by atoms with Crippen LogP contribution in [0.2, 0.25) is 0 Å². The number of rotatable bonds is 10. The average Bonchev–Trinajstić information content (AvgIpc) is 2.53. The highest BCUT2D eigenvalue weighted by atomic mass is 16.5. The Morgan fingerprint density at radius 1 is 1.16 bits per heavy atom. The summed E-state index contributed by atoms with van der Waals surface area (Å²) in [5.74, 6) is 0.446. The molecule has 0 aliphatic heterocycles. The number of nitrogens with two attached hydrogens (primary N) is 1. The highest BCUT2D eigenvalue weighted by Crippen LogP contribution is 2.22. The third kappa shape index (κ3) is 7.56. The number of carbonyl (C=O) groups is 2. The first-order chi connectivity index (χ1) is 11.8. The van der Waals surface area contributed by atoms with Crippen LogP contribution in [0.5, 0.6) is 5.75 Å². The van der Waals surface area contributed by atoms with Crippen LogP contribution in [0.15, 0.2) is 18.2 Å². The molecular formula is C19H31N3O3. The molecular weight excluding hydrogens is 318 g/mol. The van der Waals surface area contributed by atoms with Crippen molar-refractivity contribution in [1.82, 2.24) is 10.6 Å². The largest absolute Gasteiger partial charge is 0.491 e. The van der Waals surface area contributed by atoms with E-state index < -0.39 is 6.04 Å². The summed E-state index contributed by atoms with van der Waals surface area (Å²) >= 11 is 0. The molecule has 0 radical (unpaired) electrons. The maximum absolute atomic E-state index is 12.4. The van der Waals surface area contributed by atoms with Gasteiger partial charge >= 0.3 is 0 Å². The highest BCUT2D eigenvalue weighted by Gasteiger charge is 2.20. The molecule has 1 rings (SSSR count). The van der Waals surface area contributed by atoms with Gasteiger partial charge < -0.3 is 21.1 Å². The van der Waals surface area contributed by atoms with Gasteiger partial charge in [-0.05, 0) is 57.7 Å². The van der Waals surface area contributed by atoms with E-state index in [4.69, 9.17) is 10.5 Å². The molecule has 140 valence electrons. The van der Waals surface area contributed by atoms with Gasteiger partial charge in [-0.3, -0.25) is 9.59 Å². The molecule has 25 heavy (non-hydrogen) atoms. The Morgan fingerprint density at radius 2 is 1.80 bits per heavy atom. The molecule has 2 unspecified atom stereocenters. The van der Waals surface area contributed by atoms with Crippen LogP contribution in [-0.4, -0.2) is 37.0 Å². The maximum Gasteiger partial charge on any atom is 0.242 e. The third-order valence-corrected chi connectivity index (χ3v) is 3.92. The number of benzene rings is 1. The third-order valence-electron chi connectivity index (χ3n) is 3.92. The smallest absolute Gasteiger partial charge is 0.242 e. The van der Waals surface area contributed by atoms with Gasteiger partial charge in [0.1, 0.15) is 18.4 Å².